The van der Waals surface area contributed by atoms with E-state index in [0.29, 0.717) is 23.5 Å². The van der Waals surface area contributed by atoms with Crippen molar-refractivity contribution in [2.75, 3.05) is 20.2 Å². The van der Waals surface area contributed by atoms with Gasteiger partial charge in [0.2, 0.25) is 0 Å². The summed E-state index contributed by atoms with van der Waals surface area (Å²) in [5, 5.41) is 10.0. The number of benzene rings is 1. The first-order valence-corrected chi connectivity index (χ1v) is 6.94. The maximum atomic E-state index is 10.0. The van der Waals surface area contributed by atoms with Crippen molar-refractivity contribution in [1.82, 2.24) is 4.90 Å². The van der Waals surface area contributed by atoms with Crippen molar-refractivity contribution in [2.24, 2.45) is 11.7 Å². The number of likely N-dealkylation sites (tertiary alicyclic amines) is 1. The van der Waals surface area contributed by atoms with Gasteiger partial charge in [-0.05, 0) is 38.3 Å². The van der Waals surface area contributed by atoms with Gasteiger partial charge >= 0.3 is 0 Å². The van der Waals surface area contributed by atoms with E-state index in [1.165, 1.54) is 12.8 Å². The molecule has 1 saturated heterocycles. The number of hydrogen-bond acceptors (Lipinski definition) is 4. The Labute approximate surface area is 115 Å². The molecule has 4 heteroatoms. The smallest absolute Gasteiger partial charge is 0.123 e. The lowest BCUT2D eigenvalue weighted by Gasteiger charge is -2.37. The van der Waals surface area contributed by atoms with Crippen LogP contribution in [0, 0.1) is 5.92 Å². The number of phenolic OH excluding ortho intramolecular Hbond substituents is 1. The van der Waals surface area contributed by atoms with Gasteiger partial charge in [0.05, 0.1) is 7.11 Å². The van der Waals surface area contributed by atoms with Gasteiger partial charge < -0.3 is 15.6 Å². The first-order valence-electron chi connectivity index (χ1n) is 6.94. The quantitative estimate of drug-likeness (QED) is 0.873. The Morgan fingerprint density at radius 3 is 2.84 bits per heavy atom. The van der Waals surface area contributed by atoms with Crippen molar-refractivity contribution in [2.45, 2.75) is 32.4 Å². The van der Waals surface area contributed by atoms with E-state index in [9.17, 15) is 5.11 Å². The molecule has 1 aliphatic rings. The molecular formula is C15H24N2O2. The van der Waals surface area contributed by atoms with Crippen LogP contribution in [0.1, 0.15) is 25.3 Å². The molecule has 0 amide bonds. The molecule has 1 fully saturated rings. The summed E-state index contributed by atoms with van der Waals surface area (Å²) in [6.45, 7) is 4.78. The Morgan fingerprint density at radius 1 is 1.42 bits per heavy atom. The third kappa shape index (κ3) is 3.39. The van der Waals surface area contributed by atoms with Crippen LogP contribution in [0.2, 0.25) is 0 Å². The fourth-order valence-corrected chi connectivity index (χ4v) is 2.70. The zero-order chi connectivity index (χ0) is 13.8. The number of ether oxygens (including phenoxy) is 1. The summed E-state index contributed by atoms with van der Waals surface area (Å²) in [6, 6.07) is 6.05. The number of rotatable bonds is 4. The van der Waals surface area contributed by atoms with Crippen molar-refractivity contribution in [3.8, 4) is 11.5 Å². The molecule has 1 aromatic carbocycles. The average molecular weight is 264 g/mol. The molecule has 2 rings (SSSR count). The number of aromatic hydroxyl groups is 1. The van der Waals surface area contributed by atoms with E-state index < -0.39 is 0 Å². The number of piperidine rings is 1. The van der Waals surface area contributed by atoms with Gasteiger partial charge in [0, 0.05) is 30.8 Å². The van der Waals surface area contributed by atoms with E-state index in [1.807, 2.05) is 12.1 Å². The van der Waals surface area contributed by atoms with Gasteiger partial charge in [-0.15, -0.1) is 0 Å². The summed E-state index contributed by atoms with van der Waals surface area (Å²) in [4.78, 5) is 2.41. The highest BCUT2D eigenvalue weighted by molar-refractivity contribution is 5.39. The lowest BCUT2D eigenvalue weighted by atomic mass is 9.93. The van der Waals surface area contributed by atoms with Crippen LogP contribution in [0.25, 0.3) is 0 Å². The lowest BCUT2D eigenvalue weighted by molar-refractivity contribution is 0.112. The van der Waals surface area contributed by atoms with Crippen molar-refractivity contribution >= 4 is 0 Å². The predicted octanol–water partition coefficient (Wildman–Crippen LogP) is 1.96. The molecule has 3 N–H and O–H groups in total. The lowest BCUT2D eigenvalue weighted by Crippen LogP contribution is -2.43. The monoisotopic (exact) mass is 264 g/mol. The van der Waals surface area contributed by atoms with Crippen LogP contribution >= 0.6 is 0 Å². The molecule has 1 aromatic rings. The van der Waals surface area contributed by atoms with Crippen molar-refractivity contribution in [3.63, 3.8) is 0 Å². The third-order valence-corrected chi connectivity index (χ3v) is 4.11. The molecule has 0 bridgehead atoms. The first-order chi connectivity index (χ1) is 9.13. The van der Waals surface area contributed by atoms with Crippen LogP contribution in [-0.2, 0) is 6.54 Å². The normalized spacial score (nSPS) is 24.4. The molecule has 19 heavy (non-hydrogen) atoms. The van der Waals surface area contributed by atoms with Gasteiger partial charge in [-0.25, -0.2) is 0 Å². The molecule has 2 atom stereocenters. The van der Waals surface area contributed by atoms with Crippen LogP contribution in [0.15, 0.2) is 18.2 Å². The van der Waals surface area contributed by atoms with Gasteiger partial charge in [0.15, 0.2) is 0 Å². The second-order valence-corrected chi connectivity index (χ2v) is 5.45. The molecule has 0 saturated carbocycles. The topological polar surface area (TPSA) is 58.7 Å². The highest BCUT2D eigenvalue weighted by Gasteiger charge is 2.25. The van der Waals surface area contributed by atoms with Crippen LogP contribution < -0.4 is 10.5 Å². The number of nitrogens with zero attached hydrogens (tertiary/aromatic N) is 1. The van der Waals surface area contributed by atoms with Crippen molar-refractivity contribution in [3.05, 3.63) is 23.8 Å². The van der Waals surface area contributed by atoms with E-state index in [0.717, 1.165) is 25.2 Å². The standard InChI is InChI=1S/C15H24N2O2/c1-11-3-4-12(8-16)9-17(11)10-13-5-6-14(19-2)7-15(13)18/h5-7,11-12,18H,3-4,8-10,16H2,1-2H3. The van der Waals surface area contributed by atoms with Crippen LogP contribution in [0.3, 0.4) is 0 Å². The Balaban J connectivity index is 2.06. The number of methoxy groups -OCH3 is 1. The highest BCUT2D eigenvalue weighted by Crippen LogP contribution is 2.28. The largest absolute Gasteiger partial charge is 0.507 e. The Morgan fingerprint density at radius 2 is 2.21 bits per heavy atom. The van der Waals surface area contributed by atoms with Gasteiger partial charge in [0.1, 0.15) is 11.5 Å². The van der Waals surface area contributed by atoms with E-state index in [4.69, 9.17) is 10.5 Å². The van der Waals surface area contributed by atoms with Crippen molar-refractivity contribution < 1.29 is 9.84 Å². The molecule has 4 nitrogen and oxygen atoms in total. The Bertz CT molecular complexity index is 423. The molecule has 0 radical (unpaired) electrons. The number of nitrogens with two attached hydrogens (primary N) is 1. The molecule has 2 unspecified atom stereocenters. The van der Waals surface area contributed by atoms with Crippen LogP contribution in [-0.4, -0.2) is 36.2 Å². The minimum Gasteiger partial charge on any atom is -0.507 e. The predicted molar refractivity (Wildman–Crippen MR) is 76.3 cm³/mol. The summed E-state index contributed by atoms with van der Waals surface area (Å²) in [6.07, 6.45) is 2.39. The summed E-state index contributed by atoms with van der Waals surface area (Å²) >= 11 is 0. The summed E-state index contributed by atoms with van der Waals surface area (Å²) in [5.41, 5.74) is 6.73. The minimum absolute atomic E-state index is 0.307. The van der Waals surface area contributed by atoms with E-state index in [-0.39, 0.29) is 0 Å². The molecule has 1 aliphatic heterocycles. The SMILES string of the molecule is COc1ccc(CN2CC(CN)CCC2C)c(O)c1. The Kier molecular flexibility index (Phi) is 4.66. The molecule has 106 valence electrons. The maximum Gasteiger partial charge on any atom is 0.123 e. The molecular weight excluding hydrogens is 240 g/mol. The average Bonchev–Trinajstić information content (AvgIpc) is 2.43. The fourth-order valence-electron chi connectivity index (χ4n) is 2.70. The number of hydrogen-bond donors (Lipinski definition) is 2. The molecule has 0 spiro atoms. The second-order valence-electron chi connectivity index (χ2n) is 5.45. The van der Waals surface area contributed by atoms with E-state index in [1.54, 1.807) is 13.2 Å². The fraction of sp³-hybridized carbons (Fsp3) is 0.600. The first kappa shape index (κ1) is 14.2. The molecule has 0 aliphatic carbocycles. The summed E-state index contributed by atoms with van der Waals surface area (Å²) < 4.78 is 5.11. The highest BCUT2D eigenvalue weighted by atomic mass is 16.5. The third-order valence-electron chi connectivity index (χ3n) is 4.11. The second kappa shape index (κ2) is 6.26. The van der Waals surface area contributed by atoms with Gasteiger partial charge in [-0.3, -0.25) is 4.90 Å². The Hall–Kier alpha value is -1.26. The maximum absolute atomic E-state index is 10.0. The van der Waals surface area contributed by atoms with E-state index in [2.05, 4.69) is 11.8 Å². The van der Waals surface area contributed by atoms with Gasteiger partial charge in [-0.1, -0.05) is 6.07 Å². The van der Waals surface area contributed by atoms with Gasteiger partial charge in [0.25, 0.3) is 0 Å². The zero-order valence-corrected chi connectivity index (χ0v) is 11.8. The number of phenols is 1. The summed E-state index contributed by atoms with van der Waals surface area (Å²) in [5.74, 6) is 1.57. The molecule has 1 heterocycles. The van der Waals surface area contributed by atoms with Gasteiger partial charge in [-0.2, -0.15) is 0 Å². The molecule has 0 aromatic heterocycles. The minimum atomic E-state index is 0.307. The van der Waals surface area contributed by atoms with Crippen LogP contribution in [0.5, 0.6) is 11.5 Å². The van der Waals surface area contributed by atoms with E-state index >= 15 is 0 Å². The summed E-state index contributed by atoms with van der Waals surface area (Å²) in [7, 11) is 1.60. The zero-order valence-electron chi connectivity index (χ0n) is 11.8. The van der Waals surface area contributed by atoms with Crippen LogP contribution in [0.4, 0.5) is 0 Å². The van der Waals surface area contributed by atoms with Crippen molar-refractivity contribution in [1.29, 1.82) is 0 Å².